The van der Waals surface area contributed by atoms with Gasteiger partial charge in [0.1, 0.15) is 11.9 Å². The number of nitrogens with one attached hydrogen (secondary N) is 1. The fraction of sp³-hybridized carbons (Fsp3) is 0.481. The number of carbonyl (C=O) groups is 1. The molecule has 1 aliphatic heterocycles. The Morgan fingerprint density at radius 1 is 1.00 bits per heavy atom. The molecule has 2 heterocycles. The van der Waals surface area contributed by atoms with Crippen molar-refractivity contribution in [3.8, 4) is 11.4 Å². The van der Waals surface area contributed by atoms with Crippen LogP contribution in [0.2, 0.25) is 0 Å². The fourth-order valence-electron chi connectivity index (χ4n) is 5.38. The molecule has 1 aliphatic carbocycles. The predicted molar refractivity (Wildman–Crippen MR) is 131 cm³/mol. The average molecular weight is 447 g/mol. The lowest BCUT2D eigenvalue weighted by Gasteiger charge is -2.32. The van der Waals surface area contributed by atoms with Crippen LogP contribution in [-0.4, -0.2) is 59.8 Å². The summed E-state index contributed by atoms with van der Waals surface area (Å²) in [4.78, 5) is 21.2. The van der Waals surface area contributed by atoms with E-state index >= 15 is 0 Å². The maximum Gasteiger partial charge on any atom is 0.243 e. The highest BCUT2D eigenvalue weighted by molar-refractivity contribution is 5.87. The number of benzene rings is 2. The Kier molecular flexibility index (Phi) is 7.03. The molecule has 1 unspecified atom stereocenters. The van der Waals surface area contributed by atoms with E-state index in [0.29, 0.717) is 12.5 Å². The molecule has 33 heavy (non-hydrogen) atoms. The first-order valence-corrected chi connectivity index (χ1v) is 12.4. The van der Waals surface area contributed by atoms with Gasteiger partial charge < -0.3 is 14.6 Å². The molecule has 174 valence electrons. The lowest BCUT2D eigenvalue weighted by Crippen LogP contribution is -2.44. The first-order chi connectivity index (χ1) is 16.3. The number of rotatable bonds is 7. The number of morpholine rings is 1. The summed E-state index contributed by atoms with van der Waals surface area (Å²) in [6.45, 7) is 4.96. The normalized spacial score (nSPS) is 18.9. The minimum absolute atomic E-state index is 0.121. The minimum atomic E-state index is -0.252. The number of hydrogen-bond donors (Lipinski definition) is 1. The van der Waals surface area contributed by atoms with Crippen LogP contribution >= 0.6 is 0 Å². The Morgan fingerprint density at radius 2 is 1.73 bits per heavy atom. The van der Waals surface area contributed by atoms with Gasteiger partial charge in [0.25, 0.3) is 0 Å². The molecule has 5 rings (SSSR count). The number of imidazole rings is 1. The van der Waals surface area contributed by atoms with Gasteiger partial charge in [0, 0.05) is 31.7 Å². The topological polar surface area (TPSA) is 59.4 Å². The van der Waals surface area contributed by atoms with E-state index in [0.717, 1.165) is 68.1 Å². The third-order valence-electron chi connectivity index (χ3n) is 7.10. The van der Waals surface area contributed by atoms with Crippen molar-refractivity contribution in [1.29, 1.82) is 0 Å². The summed E-state index contributed by atoms with van der Waals surface area (Å²) < 4.78 is 7.68. The average Bonchev–Trinajstić information content (AvgIpc) is 3.25. The molecule has 6 heteroatoms. The van der Waals surface area contributed by atoms with E-state index in [1.54, 1.807) is 0 Å². The molecular formula is C27H34N4O2. The molecule has 0 bridgehead atoms. The monoisotopic (exact) mass is 446 g/mol. The predicted octanol–water partition coefficient (Wildman–Crippen LogP) is 4.27. The molecule has 6 nitrogen and oxygen atoms in total. The second-order valence-electron chi connectivity index (χ2n) is 9.25. The molecular weight excluding hydrogens is 412 g/mol. The zero-order chi connectivity index (χ0) is 22.5. The summed E-state index contributed by atoms with van der Waals surface area (Å²) in [7, 11) is 0. The third kappa shape index (κ3) is 4.97. The first-order valence-electron chi connectivity index (χ1n) is 12.4. The number of amides is 1. The molecule has 1 atom stereocenters. The van der Waals surface area contributed by atoms with Crippen molar-refractivity contribution in [2.75, 3.05) is 39.4 Å². The first kappa shape index (κ1) is 22.1. The number of ether oxygens (including phenoxy) is 1. The lowest BCUT2D eigenvalue weighted by molar-refractivity contribution is -0.126. The van der Waals surface area contributed by atoms with Gasteiger partial charge in [-0.2, -0.15) is 0 Å². The Hall–Kier alpha value is -2.70. The molecule has 2 fully saturated rings. The zero-order valence-electron chi connectivity index (χ0n) is 19.3. The van der Waals surface area contributed by atoms with Gasteiger partial charge in [0.15, 0.2) is 0 Å². The second-order valence-corrected chi connectivity index (χ2v) is 9.25. The highest BCUT2D eigenvalue weighted by Crippen LogP contribution is 2.38. The molecule has 1 saturated carbocycles. The van der Waals surface area contributed by atoms with E-state index < -0.39 is 0 Å². The van der Waals surface area contributed by atoms with Crippen LogP contribution in [0, 0.1) is 5.92 Å². The molecule has 1 saturated heterocycles. The summed E-state index contributed by atoms with van der Waals surface area (Å²) in [5.41, 5.74) is 3.03. The summed E-state index contributed by atoms with van der Waals surface area (Å²) >= 11 is 0. The van der Waals surface area contributed by atoms with Crippen molar-refractivity contribution < 1.29 is 9.53 Å². The van der Waals surface area contributed by atoms with Gasteiger partial charge in [0.2, 0.25) is 5.91 Å². The van der Waals surface area contributed by atoms with Crippen molar-refractivity contribution >= 4 is 16.9 Å². The van der Waals surface area contributed by atoms with Gasteiger partial charge in [-0.1, -0.05) is 61.7 Å². The lowest BCUT2D eigenvalue weighted by atomic mass is 9.83. The number of nitrogens with zero attached hydrogens (tertiary/aromatic N) is 3. The molecule has 0 radical (unpaired) electrons. The molecule has 3 aromatic rings. The van der Waals surface area contributed by atoms with Gasteiger partial charge in [-0.3, -0.25) is 9.69 Å². The Labute approximate surface area is 195 Å². The van der Waals surface area contributed by atoms with Gasteiger partial charge in [0.05, 0.1) is 24.2 Å². The SMILES string of the molecule is O=C(NCCN1CCOCC1)C(C1CCCCC1)n1c(-c2ccccc2)nc2ccccc21. The van der Waals surface area contributed by atoms with Crippen LogP contribution in [0.1, 0.15) is 38.1 Å². The van der Waals surface area contributed by atoms with Crippen molar-refractivity contribution in [2.24, 2.45) is 5.92 Å². The standard InChI is InChI=1S/C27H34N4O2/c32-27(28-15-16-30-17-19-33-20-18-30)25(21-9-3-1-4-10-21)31-24-14-8-7-13-23(24)29-26(31)22-11-5-2-6-12-22/h2,5-8,11-14,21,25H,1,3-4,9-10,15-20H2,(H,28,32). The second kappa shape index (κ2) is 10.5. The minimum Gasteiger partial charge on any atom is -0.379 e. The maximum atomic E-state index is 13.8. The molecule has 1 N–H and O–H groups in total. The van der Waals surface area contributed by atoms with Gasteiger partial charge >= 0.3 is 0 Å². The maximum absolute atomic E-state index is 13.8. The molecule has 0 spiro atoms. The van der Waals surface area contributed by atoms with Crippen LogP contribution in [0.25, 0.3) is 22.4 Å². The quantitative estimate of drug-likeness (QED) is 0.589. The van der Waals surface area contributed by atoms with E-state index in [9.17, 15) is 4.79 Å². The Balaban J connectivity index is 1.48. The number of fused-ring (bicyclic) bond motifs is 1. The Bertz CT molecular complexity index is 1050. The van der Waals surface area contributed by atoms with Gasteiger partial charge in [-0.15, -0.1) is 0 Å². The largest absolute Gasteiger partial charge is 0.379 e. The number of aromatic nitrogens is 2. The molecule has 2 aliphatic rings. The summed E-state index contributed by atoms with van der Waals surface area (Å²) in [5.74, 6) is 1.33. The van der Waals surface area contributed by atoms with E-state index in [-0.39, 0.29) is 11.9 Å². The smallest absolute Gasteiger partial charge is 0.243 e. The van der Waals surface area contributed by atoms with E-state index in [1.807, 2.05) is 36.4 Å². The van der Waals surface area contributed by atoms with Crippen molar-refractivity contribution in [3.63, 3.8) is 0 Å². The summed E-state index contributed by atoms with van der Waals surface area (Å²) in [6.07, 6.45) is 5.81. The summed E-state index contributed by atoms with van der Waals surface area (Å²) in [5, 5.41) is 3.29. The number of carbonyl (C=O) groups excluding carboxylic acids is 1. The zero-order valence-corrected chi connectivity index (χ0v) is 19.3. The van der Waals surface area contributed by atoms with Crippen molar-refractivity contribution in [3.05, 3.63) is 54.6 Å². The van der Waals surface area contributed by atoms with E-state index in [2.05, 4.69) is 33.0 Å². The van der Waals surface area contributed by atoms with Crippen LogP contribution in [0.3, 0.4) is 0 Å². The fourth-order valence-corrected chi connectivity index (χ4v) is 5.38. The molecule has 2 aromatic carbocycles. The molecule has 1 amide bonds. The van der Waals surface area contributed by atoms with E-state index in [4.69, 9.17) is 9.72 Å². The number of hydrogen-bond acceptors (Lipinski definition) is 4. The van der Waals surface area contributed by atoms with Crippen molar-refractivity contribution in [1.82, 2.24) is 19.8 Å². The highest BCUT2D eigenvalue weighted by Gasteiger charge is 2.34. The van der Waals surface area contributed by atoms with Gasteiger partial charge in [-0.05, 0) is 30.9 Å². The molecule has 1 aromatic heterocycles. The van der Waals surface area contributed by atoms with E-state index in [1.165, 1.54) is 19.3 Å². The summed E-state index contributed by atoms with van der Waals surface area (Å²) in [6, 6.07) is 18.2. The van der Waals surface area contributed by atoms with Crippen LogP contribution in [0.5, 0.6) is 0 Å². The highest BCUT2D eigenvalue weighted by atomic mass is 16.5. The van der Waals surface area contributed by atoms with Crippen LogP contribution in [0.4, 0.5) is 0 Å². The van der Waals surface area contributed by atoms with Gasteiger partial charge in [-0.25, -0.2) is 4.98 Å². The number of para-hydroxylation sites is 2. The van der Waals surface area contributed by atoms with Crippen LogP contribution in [-0.2, 0) is 9.53 Å². The van der Waals surface area contributed by atoms with Crippen LogP contribution < -0.4 is 5.32 Å². The van der Waals surface area contributed by atoms with Crippen LogP contribution in [0.15, 0.2) is 54.6 Å². The Morgan fingerprint density at radius 3 is 2.52 bits per heavy atom. The third-order valence-corrected chi connectivity index (χ3v) is 7.10. The van der Waals surface area contributed by atoms with Crippen molar-refractivity contribution in [2.45, 2.75) is 38.1 Å².